The Morgan fingerprint density at radius 1 is 1.07 bits per heavy atom. The maximum atomic E-state index is 13.1. The van der Waals surface area contributed by atoms with Gasteiger partial charge in [-0.3, -0.25) is 0 Å². The van der Waals surface area contributed by atoms with E-state index < -0.39 is 0 Å². The van der Waals surface area contributed by atoms with Crippen molar-refractivity contribution in [1.29, 1.82) is 0 Å². The number of benzene rings is 2. The smallest absolute Gasteiger partial charge is 0.329 e. The summed E-state index contributed by atoms with van der Waals surface area (Å²) < 4.78 is 7.13. The molecule has 4 nitrogen and oxygen atoms in total. The Balaban J connectivity index is 1.48. The molecule has 3 aliphatic rings. The standard InChI is InChI=1S/C23H29N2O2/c1-25-14-12-19(13-15-25)22(17-25)27-23(26)21(16-18-8-4-2-5-9-18)24-20-10-6-3-7-11-20/h2-11,19,21-22,24H,12-17H2,1H3/q+1/t19?,21-,22-,25?/m0/s1. The van der Waals surface area contributed by atoms with Gasteiger partial charge < -0.3 is 14.5 Å². The van der Waals surface area contributed by atoms with Gasteiger partial charge in [-0.05, 0) is 17.7 Å². The molecule has 0 unspecified atom stereocenters. The van der Waals surface area contributed by atoms with E-state index in [9.17, 15) is 4.79 Å². The molecule has 4 heteroatoms. The van der Waals surface area contributed by atoms with Crippen molar-refractivity contribution < 1.29 is 14.0 Å². The number of likely N-dealkylation sites (N-methyl/N-ethyl adjacent to an activating group) is 1. The number of anilines is 1. The number of hydrogen-bond donors (Lipinski definition) is 1. The number of hydrogen-bond acceptors (Lipinski definition) is 3. The van der Waals surface area contributed by atoms with Crippen LogP contribution in [0.2, 0.25) is 0 Å². The lowest BCUT2D eigenvalue weighted by Gasteiger charge is -2.49. The summed E-state index contributed by atoms with van der Waals surface area (Å²) in [6.45, 7) is 3.39. The first-order valence-corrected chi connectivity index (χ1v) is 10.0. The van der Waals surface area contributed by atoms with Gasteiger partial charge in [-0.1, -0.05) is 48.5 Å². The maximum Gasteiger partial charge on any atom is 0.329 e. The van der Waals surface area contributed by atoms with E-state index in [1.54, 1.807) is 0 Å². The Labute approximate surface area is 161 Å². The normalized spacial score (nSPS) is 27.7. The molecule has 3 fully saturated rings. The van der Waals surface area contributed by atoms with Gasteiger partial charge in [0.1, 0.15) is 12.6 Å². The van der Waals surface area contributed by atoms with E-state index in [2.05, 4.69) is 24.5 Å². The topological polar surface area (TPSA) is 38.3 Å². The number of quaternary nitrogens is 1. The zero-order chi connectivity index (χ0) is 18.7. The molecule has 142 valence electrons. The van der Waals surface area contributed by atoms with Crippen molar-refractivity contribution in [2.75, 3.05) is 32.0 Å². The minimum absolute atomic E-state index is 0.0563. The molecule has 0 amide bonds. The first-order valence-electron chi connectivity index (χ1n) is 10.0. The summed E-state index contributed by atoms with van der Waals surface area (Å²) in [5.41, 5.74) is 2.08. The number of ether oxygens (including phenoxy) is 1. The Morgan fingerprint density at radius 3 is 2.33 bits per heavy atom. The molecule has 2 aromatic carbocycles. The number of nitrogens with zero attached hydrogens (tertiary/aromatic N) is 1. The quantitative estimate of drug-likeness (QED) is 0.629. The lowest BCUT2D eigenvalue weighted by atomic mass is 9.84. The fraction of sp³-hybridized carbons (Fsp3) is 0.435. The molecular weight excluding hydrogens is 336 g/mol. The summed E-state index contributed by atoms with van der Waals surface area (Å²) in [6, 6.07) is 19.7. The summed E-state index contributed by atoms with van der Waals surface area (Å²) in [7, 11) is 2.29. The molecule has 27 heavy (non-hydrogen) atoms. The van der Waals surface area contributed by atoms with E-state index in [0.29, 0.717) is 12.3 Å². The molecular formula is C23H29N2O2+. The van der Waals surface area contributed by atoms with Crippen molar-refractivity contribution in [3.05, 3.63) is 66.2 Å². The second-order valence-electron chi connectivity index (χ2n) is 8.31. The molecule has 5 rings (SSSR count). The third-order valence-corrected chi connectivity index (χ3v) is 6.18. The summed E-state index contributed by atoms with van der Waals surface area (Å²) in [6.07, 6.45) is 3.02. The molecule has 3 heterocycles. The lowest BCUT2D eigenvalue weighted by Crippen LogP contribution is -2.62. The average Bonchev–Trinajstić information content (AvgIpc) is 2.69. The summed E-state index contributed by atoms with van der Waals surface area (Å²) >= 11 is 0. The van der Waals surface area contributed by atoms with Crippen LogP contribution in [-0.2, 0) is 16.0 Å². The van der Waals surface area contributed by atoms with E-state index in [4.69, 9.17) is 4.74 Å². The number of piperidine rings is 3. The first kappa shape index (κ1) is 18.1. The minimum Gasteiger partial charge on any atom is -0.455 e. The molecule has 1 N–H and O–H groups in total. The van der Waals surface area contributed by atoms with Gasteiger partial charge in [-0.15, -0.1) is 0 Å². The van der Waals surface area contributed by atoms with Crippen LogP contribution < -0.4 is 5.32 Å². The number of carbonyl (C=O) groups excluding carboxylic acids is 1. The van der Waals surface area contributed by atoms with Gasteiger partial charge in [0.15, 0.2) is 6.10 Å². The monoisotopic (exact) mass is 365 g/mol. The maximum absolute atomic E-state index is 13.1. The Hall–Kier alpha value is -2.33. The molecule has 0 aromatic heterocycles. The van der Waals surface area contributed by atoms with E-state index in [1.165, 1.54) is 25.9 Å². The number of carbonyl (C=O) groups is 1. The number of nitrogens with one attached hydrogen (secondary N) is 1. The Bertz CT molecular complexity index is 713. The molecule has 2 aromatic rings. The highest BCUT2D eigenvalue weighted by atomic mass is 16.5. The highest BCUT2D eigenvalue weighted by Gasteiger charge is 2.45. The van der Waals surface area contributed by atoms with Crippen molar-refractivity contribution in [2.24, 2.45) is 5.92 Å². The SMILES string of the molecule is C[N+]12CCC(CC1)[C@@H](OC(=O)[C@H](Cc1ccccc1)Nc1ccccc1)C2. The van der Waals surface area contributed by atoms with Crippen molar-refractivity contribution in [3.63, 3.8) is 0 Å². The molecule has 0 aliphatic carbocycles. The van der Waals surface area contributed by atoms with Crippen molar-refractivity contribution in [3.8, 4) is 0 Å². The molecule has 3 aliphatic heterocycles. The minimum atomic E-state index is -0.379. The van der Waals surface area contributed by atoms with E-state index in [0.717, 1.165) is 22.3 Å². The second-order valence-corrected chi connectivity index (χ2v) is 8.31. The number of fused-ring (bicyclic) bond motifs is 3. The number of rotatable bonds is 6. The van der Waals surface area contributed by atoms with E-state index in [-0.39, 0.29) is 18.1 Å². The van der Waals surface area contributed by atoms with Crippen LogP contribution in [0, 0.1) is 5.92 Å². The molecule has 3 saturated heterocycles. The second kappa shape index (κ2) is 7.73. The van der Waals surface area contributed by atoms with Crippen LogP contribution in [-0.4, -0.2) is 49.3 Å². The third kappa shape index (κ3) is 4.33. The van der Waals surface area contributed by atoms with Crippen LogP contribution in [0.15, 0.2) is 60.7 Å². The van der Waals surface area contributed by atoms with Crippen LogP contribution in [0.4, 0.5) is 5.69 Å². The van der Waals surface area contributed by atoms with Gasteiger partial charge in [-0.2, -0.15) is 0 Å². The van der Waals surface area contributed by atoms with E-state index in [1.807, 2.05) is 48.5 Å². The van der Waals surface area contributed by atoms with Gasteiger partial charge in [0.25, 0.3) is 0 Å². The highest BCUT2D eigenvalue weighted by Crippen LogP contribution is 2.34. The summed E-state index contributed by atoms with van der Waals surface area (Å²) in [5.74, 6) is 0.399. The average molecular weight is 365 g/mol. The number of para-hydroxylation sites is 1. The predicted molar refractivity (Wildman–Crippen MR) is 107 cm³/mol. The largest absolute Gasteiger partial charge is 0.455 e. The van der Waals surface area contributed by atoms with Gasteiger partial charge >= 0.3 is 5.97 Å². The summed E-state index contributed by atoms with van der Waals surface area (Å²) in [4.78, 5) is 13.1. The zero-order valence-corrected chi connectivity index (χ0v) is 16.0. The van der Waals surface area contributed by atoms with Crippen molar-refractivity contribution in [1.82, 2.24) is 0 Å². The predicted octanol–water partition coefficient (Wildman–Crippen LogP) is 3.49. The Kier molecular flexibility index (Phi) is 5.17. The molecule has 0 spiro atoms. The van der Waals surface area contributed by atoms with Crippen LogP contribution in [0.1, 0.15) is 18.4 Å². The number of esters is 1. The van der Waals surface area contributed by atoms with Crippen LogP contribution in [0.3, 0.4) is 0 Å². The van der Waals surface area contributed by atoms with Crippen molar-refractivity contribution in [2.45, 2.75) is 31.4 Å². The highest BCUT2D eigenvalue weighted by molar-refractivity contribution is 5.80. The van der Waals surface area contributed by atoms with Crippen LogP contribution in [0.25, 0.3) is 0 Å². The van der Waals surface area contributed by atoms with Gasteiger partial charge in [0.05, 0.1) is 20.1 Å². The summed E-state index contributed by atoms with van der Waals surface area (Å²) in [5, 5.41) is 3.39. The van der Waals surface area contributed by atoms with Gasteiger partial charge in [0.2, 0.25) is 0 Å². The van der Waals surface area contributed by atoms with Crippen LogP contribution in [0.5, 0.6) is 0 Å². The fourth-order valence-corrected chi connectivity index (χ4v) is 4.49. The Morgan fingerprint density at radius 2 is 1.70 bits per heavy atom. The first-order chi connectivity index (χ1) is 13.1. The zero-order valence-electron chi connectivity index (χ0n) is 16.0. The molecule has 2 atom stereocenters. The van der Waals surface area contributed by atoms with E-state index >= 15 is 0 Å². The van der Waals surface area contributed by atoms with Crippen molar-refractivity contribution >= 4 is 11.7 Å². The fourth-order valence-electron chi connectivity index (χ4n) is 4.49. The lowest BCUT2D eigenvalue weighted by molar-refractivity contribution is -0.928. The molecule has 0 radical (unpaired) electrons. The third-order valence-electron chi connectivity index (χ3n) is 6.18. The molecule has 0 saturated carbocycles. The van der Waals surface area contributed by atoms with Crippen LogP contribution >= 0.6 is 0 Å². The van der Waals surface area contributed by atoms with Gasteiger partial charge in [0, 0.05) is 30.9 Å². The van der Waals surface area contributed by atoms with Gasteiger partial charge in [-0.25, -0.2) is 4.79 Å². The molecule has 2 bridgehead atoms.